The molecular formula is C18H16BrFN2O2. The van der Waals surface area contributed by atoms with Gasteiger partial charge in [-0.1, -0.05) is 15.9 Å². The van der Waals surface area contributed by atoms with E-state index in [2.05, 4.69) is 21.2 Å². The monoisotopic (exact) mass is 390 g/mol. The highest BCUT2D eigenvalue weighted by atomic mass is 79.9. The number of nitrogens with zero attached hydrogens (tertiary/aromatic N) is 1. The van der Waals surface area contributed by atoms with E-state index in [1.165, 1.54) is 18.2 Å². The normalized spacial score (nSPS) is 13.8. The Bertz CT molecular complexity index is 771. The molecule has 124 valence electrons. The number of amides is 2. The molecule has 0 unspecified atom stereocenters. The average molecular weight is 391 g/mol. The van der Waals surface area contributed by atoms with Crippen LogP contribution in [-0.4, -0.2) is 29.8 Å². The van der Waals surface area contributed by atoms with Crippen LogP contribution in [0.3, 0.4) is 0 Å². The van der Waals surface area contributed by atoms with E-state index >= 15 is 0 Å². The lowest BCUT2D eigenvalue weighted by Gasteiger charge is -2.15. The molecule has 0 bridgehead atoms. The molecule has 0 aliphatic carbocycles. The molecular weight excluding hydrogens is 375 g/mol. The summed E-state index contributed by atoms with van der Waals surface area (Å²) in [6.07, 6.45) is 2.08. The van der Waals surface area contributed by atoms with Gasteiger partial charge in [-0.2, -0.15) is 0 Å². The summed E-state index contributed by atoms with van der Waals surface area (Å²) >= 11 is 3.22. The number of nitrogens with one attached hydrogen (secondary N) is 1. The summed E-state index contributed by atoms with van der Waals surface area (Å²) in [6, 6.07) is 10.8. The Morgan fingerprint density at radius 3 is 2.38 bits per heavy atom. The van der Waals surface area contributed by atoms with Crippen LogP contribution in [0.1, 0.15) is 33.6 Å². The van der Waals surface area contributed by atoms with Crippen molar-refractivity contribution in [3.05, 3.63) is 63.9 Å². The molecule has 0 spiro atoms. The minimum atomic E-state index is -0.587. The minimum Gasteiger partial charge on any atom is -0.339 e. The predicted molar refractivity (Wildman–Crippen MR) is 93.6 cm³/mol. The van der Waals surface area contributed by atoms with Crippen molar-refractivity contribution in [1.29, 1.82) is 0 Å². The first kappa shape index (κ1) is 16.6. The smallest absolute Gasteiger partial charge is 0.258 e. The molecule has 2 aromatic carbocycles. The Kier molecular flexibility index (Phi) is 4.94. The lowest BCUT2D eigenvalue weighted by molar-refractivity contribution is 0.0792. The lowest BCUT2D eigenvalue weighted by Crippen LogP contribution is -2.27. The van der Waals surface area contributed by atoms with Gasteiger partial charge in [0.15, 0.2) is 0 Å². The number of rotatable bonds is 3. The molecule has 1 saturated heterocycles. The SMILES string of the molecule is O=C(Nc1ccc(C(=O)N2CCCC2)cc1)c1cc(Br)ccc1F. The molecule has 1 heterocycles. The topological polar surface area (TPSA) is 49.4 Å². The van der Waals surface area contributed by atoms with Gasteiger partial charge >= 0.3 is 0 Å². The van der Waals surface area contributed by atoms with Gasteiger partial charge in [-0.05, 0) is 55.3 Å². The van der Waals surface area contributed by atoms with Crippen molar-refractivity contribution >= 4 is 33.4 Å². The number of anilines is 1. The molecule has 4 nitrogen and oxygen atoms in total. The zero-order chi connectivity index (χ0) is 17.1. The number of benzene rings is 2. The molecule has 1 aliphatic rings. The first-order valence-corrected chi connectivity index (χ1v) is 8.49. The Morgan fingerprint density at radius 1 is 1.04 bits per heavy atom. The van der Waals surface area contributed by atoms with Crippen LogP contribution in [0.15, 0.2) is 46.9 Å². The zero-order valence-corrected chi connectivity index (χ0v) is 14.5. The third kappa shape index (κ3) is 3.64. The van der Waals surface area contributed by atoms with Crippen LogP contribution >= 0.6 is 15.9 Å². The summed E-state index contributed by atoms with van der Waals surface area (Å²) in [5, 5.41) is 2.64. The predicted octanol–water partition coefficient (Wildman–Crippen LogP) is 4.08. The zero-order valence-electron chi connectivity index (χ0n) is 12.9. The second-order valence-corrected chi connectivity index (χ2v) is 6.57. The van der Waals surface area contributed by atoms with Crippen LogP contribution in [0.5, 0.6) is 0 Å². The van der Waals surface area contributed by atoms with E-state index < -0.39 is 11.7 Å². The van der Waals surface area contributed by atoms with E-state index in [0.29, 0.717) is 15.7 Å². The van der Waals surface area contributed by atoms with E-state index in [9.17, 15) is 14.0 Å². The molecule has 1 N–H and O–H groups in total. The first-order valence-electron chi connectivity index (χ1n) is 7.70. The van der Waals surface area contributed by atoms with Gasteiger partial charge in [0.25, 0.3) is 11.8 Å². The fraction of sp³-hybridized carbons (Fsp3) is 0.222. The molecule has 6 heteroatoms. The number of halogens is 2. The van der Waals surface area contributed by atoms with Crippen LogP contribution in [0.2, 0.25) is 0 Å². The number of carbonyl (C=O) groups excluding carboxylic acids is 2. The third-order valence-electron chi connectivity index (χ3n) is 3.96. The molecule has 3 rings (SSSR count). The maximum Gasteiger partial charge on any atom is 0.258 e. The highest BCUT2D eigenvalue weighted by molar-refractivity contribution is 9.10. The van der Waals surface area contributed by atoms with Gasteiger partial charge in [-0.25, -0.2) is 4.39 Å². The molecule has 1 aliphatic heterocycles. The molecule has 24 heavy (non-hydrogen) atoms. The largest absolute Gasteiger partial charge is 0.339 e. The van der Waals surface area contributed by atoms with Crippen LogP contribution in [0.25, 0.3) is 0 Å². The van der Waals surface area contributed by atoms with Gasteiger partial charge in [-0.15, -0.1) is 0 Å². The second kappa shape index (κ2) is 7.13. The fourth-order valence-electron chi connectivity index (χ4n) is 2.67. The van der Waals surface area contributed by atoms with Gasteiger partial charge in [0.1, 0.15) is 5.82 Å². The molecule has 0 aromatic heterocycles. The van der Waals surface area contributed by atoms with E-state index in [-0.39, 0.29) is 11.5 Å². The van der Waals surface area contributed by atoms with Crippen molar-refractivity contribution in [1.82, 2.24) is 4.90 Å². The van der Waals surface area contributed by atoms with Gasteiger partial charge < -0.3 is 10.2 Å². The van der Waals surface area contributed by atoms with Gasteiger partial charge in [0.05, 0.1) is 5.56 Å². The van der Waals surface area contributed by atoms with Crippen molar-refractivity contribution < 1.29 is 14.0 Å². The molecule has 0 atom stereocenters. The second-order valence-electron chi connectivity index (χ2n) is 5.65. The van der Waals surface area contributed by atoms with E-state index in [1.54, 1.807) is 24.3 Å². The van der Waals surface area contributed by atoms with E-state index in [1.807, 2.05) is 4.90 Å². The van der Waals surface area contributed by atoms with Crippen molar-refractivity contribution in [2.75, 3.05) is 18.4 Å². The summed E-state index contributed by atoms with van der Waals surface area (Å²) in [6.45, 7) is 1.58. The van der Waals surface area contributed by atoms with Crippen molar-refractivity contribution in [2.24, 2.45) is 0 Å². The number of carbonyl (C=O) groups is 2. The van der Waals surface area contributed by atoms with Crippen molar-refractivity contribution in [3.8, 4) is 0 Å². The van der Waals surface area contributed by atoms with Crippen LogP contribution < -0.4 is 5.32 Å². The highest BCUT2D eigenvalue weighted by Gasteiger charge is 2.19. The average Bonchev–Trinajstić information content (AvgIpc) is 3.11. The molecule has 0 saturated carbocycles. The summed E-state index contributed by atoms with van der Waals surface area (Å²) in [4.78, 5) is 26.3. The molecule has 1 fully saturated rings. The Hall–Kier alpha value is -2.21. The molecule has 2 aromatic rings. The van der Waals surface area contributed by atoms with E-state index in [4.69, 9.17) is 0 Å². The van der Waals surface area contributed by atoms with Gasteiger partial charge in [0, 0.05) is 28.8 Å². The van der Waals surface area contributed by atoms with Gasteiger partial charge in [0.2, 0.25) is 0 Å². The maximum absolute atomic E-state index is 13.7. The fourth-order valence-corrected chi connectivity index (χ4v) is 3.03. The lowest BCUT2D eigenvalue weighted by atomic mass is 10.1. The first-order chi connectivity index (χ1) is 11.5. The molecule has 0 radical (unpaired) electrons. The highest BCUT2D eigenvalue weighted by Crippen LogP contribution is 2.19. The minimum absolute atomic E-state index is 0.00316. The Labute approximate surface area is 147 Å². The number of hydrogen-bond acceptors (Lipinski definition) is 2. The summed E-state index contributed by atoms with van der Waals surface area (Å²) in [5.41, 5.74) is 1.06. The maximum atomic E-state index is 13.7. The summed E-state index contributed by atoms with van der Waals surface area (Å²) < 4.78 is 14.4. The van der Waals surface area contributed by atoms with Crippen LogP contribution in [0.4, 0.5) is 10.1 Å². The number of likely N-dealkylation sites (tertiary alicyclic amines) is 1. The van der Waals surface area contributed by atoms with Crippen molar-refractivity contribution in [2.45, 2.75) is 12.8 Å². The van der Waals surface area contributed by atoms with Gasteiger partial charge in [-0.3, -0.25) is 9.59 Å². The third-order valence-corrected chi connectivity index (χ3v) is 4.45. The van der Waals surface area contributed by atoms with Crippen LogP contribution in [0, 0.1) is 5.82 Å². The summed E-state index contributed by atoms with van der Waals surface area (Å²) in [7, 11) is 0. The Balaban J connectivity index is 1.70. The van der Waals surface area contributed by atoms with Crippen molar-refractivity contribution in [3.63, 3.8) is 0 Å². The van der Waals surface area contributed by atoms with Crippen LogP contribution in [-0.2, 0) is 0 Å². The standard InChI is InChI=1S/C18H16BrFN2O2/c19-13-5-8-16(20)15(11-13)17(23)21-14-6-3-12(4-7-14)18(24)22-9-1-2-10-22/h3-8,11H,1-2,9-10H2,(H,21,23). The molecule has 2 amide bonds. The summed E-state index contributed by atoms with van der Waals surface area (Å²) in [5.74, 6) is -1.12. The Morgan fingerprint density at radius 2 is 1.71 bits per heavy atom. The van der Waals surface area contributed by atoms with E-state index in [0.717, 1.165) is 25.9 Å². The number of hydrogen-bond donors (Lipinski definition) is 1. The quantitative estimate of drug-likeness (QED) is 0.858.